The molecule has 19 heavy (non-hydrogen) atoms. The third kappa shape index (κ3) is 3.76. The highest BCUT2D eigenvalue weighted by atomic mass is 19.1. The van der Waals surface area contributed by atoms with Crippen LogP contribution in [-0.2, 0) is 0 Å². The molecule has 0 amide bonds. The maximum absolute atomic E-state index is 13.8. The van der Waals surface area contributed by atoms with Crippen LogP contribution in [-0.4, -0.2) is 11.5 Å². The number of allylic oxidation sites excluding steroid dienone is 3. The van der Waals surface area contributed by atoms with E-state index >= 15 is 0 Å². The molecule has 4 heteroatoms. The van der Waals surface area contributed by atoms with Crippen molar-refractivity contribution >= 4 is 11.3 Å². The van der Waals surface area contributed by atoms with Crippen molar-refractivity contribution in [2.75, 3.05) is 6.54 Å². The fourth-order valence-corrected chi connectivity index (χ4v) is 1.81. The lowest BCUT2D eigenvalue weighted by Gasteiger charge is -2.12. The lowest BCUT2D eigenvalue weighted by Crippen LogP contribution is -2.04. The topological polar surface area (TPSA) is 64.9 Å². The third-order valence-corrected chi connectivity index (χ3v) is 2.72. The summed E-state index contributed by atoms with van der Waals surface area (Å²) in [6.07, 6.45) is 4.52. The average Bonchev–Trinajstić information content (AvgIpc) is 2.39. The van der Waals surface area contributed by atoms with Gasteiger partial charge in [0.15, 0.2) is 0 Å². The van der Waals surface area contributed by atoms with Crippen LogP contribution in [0.5, 0.6) is 0 Å². The number of nitrogens with zero attached hydrogens (tertiary/aromatic N) is 1. The molecule has 0 spiro atoms. The third-order valence-electron chi connectivity index (χ3n) is 2.72. The predicted molar refractivity (Wildman–Crippen MR) is 78.5 cm³/mol. The second-order valence-corrected chi connectivity index (χ2v) is 4.45. The van der Waals surface area contributed by atoms with E-state index in [4.69, 9.17) is 11.5 Å². The van der Waals surface area contributed by atoms with Gasteiger partial charge >= 0.3 is 0 Å². The number of aromatic nitrogens is 1. The largest absolute Gasteiger partial charge is 0.397 e. The van der Waals surface area contributed by atoms with Crippen molar-refractivity contribution in [2.24, 2.45) is 17.4 Å². The summed E-state index contributed by atoms with van der Waals surface area (Å²) in [5.74, 6) is -0.280. The van der Waals surface area contributed by atoms with Crippen molar-refractivity contribution in [2.45, 2.75) is 13.8 Å². The number of hydrogen-bond donors (Lipinski definition) is 2. The lowest BCUT2D eigenvalue weighted by molar-refractivity contribution is 0.655. The Hall–Kier alpha value is -1.94. The van der Waals surface area contributed by atoms with Crippen LogP contribution in [0.4, 0.5) is 4.39 Å². The van der Waals surface area contributed by atoms with Crippen LogP contribution in [0.25, 0.3) is 11.3 Å². The van der Waals surface area contributed by atoms with Gasteiger partial charge in [-0.25, -0.2) is 4.39 Å². The molecule has 0 aliphatic carbocycles. The van der Waals surface area contributed by atoms with Crippen LogP contribution < -0.4 is 11.5 Å². The Morgan fingerprint density at radius 1 is 1.47 bits per heavy atom. The van der Waals surface area contributed by atoms with Gasteiger partial charge in [-0.1, -0.05) is 26.5 Å². The Labute approximate surface area is 113 Å². The summed E-state index contributed by atoms with van der Waals surface area (Å²) in [7, 11) is 0. The van der Waals surface area contributed by atoms with E-state index in [0.29, 0.717) is 23.5 Å². The van der Waals surface area contributed by atoms with E-state index in [-0.39, 0.29) is 11.7 Å². The molecule has 4 N–H and O–H groups in total. The molecule has 0 aliphatic heterocycles. The van der Waals surface area contributed by atoms with Gasteiger partial charge in [-0.3, -0.25) is 4.98 Å². The highest BCUT2D eigenvalue weighted by Crippen LogP contribution is 2.27. The summed E-state index contributed by atoms with van der Waals surface area (Å²) in [4.78, 5) is 4.23. The molecule has 1 heterocycles. The number of pyridine rings is 1. The molecule has 0 fully saturated rings. The highest BCUT2D eigenvalue weighted by Gasteiger charge is 2.12. The zero-order chi connectivity index (χ0) is 14.4. The normalized spacial score (nSPS) is 13.4. The molecule has 0 unspecified atom stereocenters. The van der Waals surface area contributed by atoms with Gasteiger partial charge in [-0.05, 0) is 35.3 Å². The van der Waals surface area contributed by atoms with Crippen molar-refractivity contribution in [1.82, 2.24) is 4.98 Å². The highest BCUT2D eigenvalue weighted by molar-refractivity contribution is 5.71. The van der Waals surface area contributed by atoms with Crippen molar-refractivity contribution in [3.05, 3.63) is 54.1 Å². The molecule has 102 valence electrons. The Bertz CT molecular complexity index is 499. The number of nitrogens with two attached hydrogens (primary N) is 2. The molecule has 0 saturated heterocycles. The van der Waals surface area contributed by atoms with E-state index in [1.165, 1.54) is 6.08 Å². The Morgan fingerprint density at radius 2 is 2.16 bits per heavy atom. The van der Waals surface area contributed by atoms with Crippen molar-refractivity contribution in [1.29, 1.82) is 0 Å². The standard InChI is InChI=1S/C15H20FN3/c1-4-12(16)15(10(2)3)11-5-6-14(19-9-11)13(18)7-8-17/h4-7,9-10H,1,8,17-18H2,2-3H3/b13-7-,15-12-. The number of halogens is 1. The molecule has 0 saturated carbocycles. The molecule has 0 aliphatic rings. The number of rotatable bonds is 5. The molecule has 0 atom stereocenters. The van der Waals surface area contributed by atoms with E-state index < -0.39 is 0 Å². The molecule has 3 nitrogen and oxygen atoms in total. The molecule has 1 rings (SSSR count). The Kier molecular flexibility index (Phi) is 5.45. The smallest absolute Gasteiger partial charge is 0.126 e. The van der Waals surface area contributed by atoms with Gasteiger partial charge < -0.3 is 11.5 Å². The van der Waals surface area contributed by atoms with E-state index in [1.54, 1.807) is 24.4 Å². The minimum absolute atomic E-state index is 0.0441. The molecular formula is C15H20FN3. The molecular weight excluding hydrogens is 241 g/mol. The van der Waals surface area contributed by atoms with E-state index in [0.717, 1.165) is 5.56 Å². The molecule has 0 aromatic carbocycles. The minimum atomic E-state index is -0.324. The van der Waals surface area contributed by atoms with Crippen molar-refractivity contribution < 1.29 is 4.39 Å². The van der Waals surface area contributed by atoms with Crippen LogP contribution in [0.15, 0.2) is 42.9 Å². The van der Waals surface area contributed by atoms with E-state index in [1.807, 2.05) is 13.8 Å². The summed E-state index contributed by atoms with van der Waals surface area (Å²) in [6.45, 7) is 7.67. The van der Waals surface area contributed by atoms with Gasteiger partial charge in [0.1, 0.15) is 5.83 Å². The SMILES string of the molecule is C=C/C(F)=C(/c1ccc(/C(N)=C/CN)nc1)C(C)C. The van der Waals surface area contributed by atoms with Crippen LogP contribution >= 0.6 is 0 Å². The van der Waals surface area contributed by atoms with E-state index in [9.17, 15) is 4.39 Å². The first kappa shape index (κ1) is 15.1. The van der Waals surface area contributed by atoms with Crippen LogP contribution in [0.1, 0.15) is 25.1 Å². The van der Waals surface area contributed by atoms with Gasteiger partial charge in [-0.15, -0.1) is 0 Å². The van der Waals surface area contributed by atoms with Crippen LogP contribution in [0, 0.1) is 5.92 Å². The fraction of sp³-hybridized carbons (Fsp3) is 0.267. The van der Waals surface area contributed by atoms with Gasteiger partial charge in [0.25, 0.3) is 0 Å². The van der Waals surface area contributed by atoms with Gasteiger partial charge in [0.2, 0.25) is 0 Å². The van der Waals surface area contributed by atoms with Crippen molar-refractivity contribution in [3.63, 3.8) is 0 Å². The Balaban J connectivity index is 3.17. The van der Waals surface area contributed by atoms with Gasteiger partial charge in [0, 0.05) is 12.7 Å². The first-order chi connectivity index (χ1) is 9.01. The zero-order valence-electron chi connectivity index (χ0n) is 11.4. The summed E-state index contributed by atoms with van der Waals surface area (Å²) < 4.78 is 13.8. The second-order valence-electron chi connectivity index (χ2n) is 4.45. The molecule has 0 bridgehead atoms. The first-order valence-corrected chi connectivity index (χ1v) is 6.15. The molecule has 1 aromatic heterocycles. The van der Waals surface area contributed by atoms with Crippen LogP contribution in [0.2, 0.25) is 0 Å². The summed E-state index contributed by atoms with van der Waals surface area (Å²) >= 11 is 0. The van der Waals surface area contributed by atoms with Crippen LogP contribution in [0.3, 0.4) is 0 Å². The maximum atomic E-state index is 13.8. The van der Waals surface area contributed by atoms with Gasteiger partial charge in [-0.2, -0.15) is 0 Å². The zero-order valence-corrected chi connectivity index (χ0v) is 11.4. The molecule has 1 aromatic rings. The van der Waals surface area contributed by atoms with Crippen molar-refractivity contribution in [3.8, 4) is 0 Å². The second kappa shape index (κ2) is 6.85. The quantitative estimate of drug-likeness (QED) is 0.801. The Morgan fingerprint density at radius 3 is 2.58 bits per heavy atom. The van der Waals surface area contributed by atoms with E-state index in [2.05, 4.69) is 11.6 Å². The fourth-order valence-electron chi connectivity index (χ4n) is 1.81. The first-order valence-electron chi connectivity index (χ1n) is 6.15. The monoisotopic (exact) mass is 261 g/mol. The lowest BCUT2D eigenvalue weighted by atomic mass is 9.95. The summed E-state index contributed by atoms with van der Waals surface area (Å²) in [5.41, 5.74) is 13.7. The minimum Gasteiger partial charge on any atom is -0.397 e. The molecule has 0 radical (unpaired) electrons. The predicted octanol–water partition coefficient (Wildman–Crippen LogP) is 2.86. The maximum Gasteiger partial charge on any atom is 0.126 e. The average molecular weight is 261 g/mol. The summed E-state index contributed by atoms with van der Waals surface area (Å²) in [6, 6.07) is 3.56. The van der Waals surface area contributed by atoms with Gasteiger partial charge in [0.05, 0.1) is 11.4 Å². The summed E-state index contributed by atoms with van der Waals surface area (Å²) in [5, 5.41) is 0. The number of hydrogen-bond acceptors (Lipinski definition) is 3.